The maximum absolute atomic E-state index is 12.1. The van der Waals surface area contributed by atoms with E-state index in [1.807, 2.05) is 12.1 Å². The lowest BCUT2D eigenvalue weighted by atomic mass is 10.0. The van der Waals surface area contributed by atoms with Crippen molar-refractivity contribution < 1.29 is 4.21 Å². The van der Waals surface area contributed by atoms with Crippen molar-refractivity contribution in [3.63, 3.8) is 0 Å². The summed E-state index contributed by atoms with van der Waals surface area (Å²) in [5, 5.41) is 8.51. The van der Waals surface area contributed by atoms with Crippen LogP contribution in [0.3, 0.4) is 0 Å². The molecule has 0 radical (unpaired) electrons. The molecule has 1 aliphatic rings. The fourth-order valence-electron chi connectivity index (χ4n) is 4.38. The molecule has 0 aliphatic carbocycles. The van der Waals surface area contributed by atoms with Gasteiger partial charge in [0.05, 0.1) is 11.6 Å². The van der Waals surface area contributed by atoms with Gasteiger partial charge in [0, 0.05) is 58.9 Å². The first kappa shape index (κ1) is 24.1. The van der Waals surface area contributed by atoms with Crippen molar-refractivity contribution >= 4 is 43.9 Å². The van der Waals surface area contributed by atoms with Crippen molar-refractivity contribution in [2.45, 2.75) is 18.9 Å². The van der Waals surface area contributed by atoms with E-state index in [2.05, 4.69) is 77.9 Å². The third kappa shape index (κ3) is 5.47. The van der Waals surface area contributed by atoms with E-state index in [4.69, 9.17) is 0 Å². The Labute approximate surface area is 211 Å². The van der Waals surface area contributed by atoms with Crippen LogP contribution in [0.15, 0.2) is 59.2 Å². The number of piperidine rings is 1. The van der Waals surface area contributed by atoms with E-state index in [1.165, 1.54) is 18.5 Å². The van der Waals surface area contributed by atoms with Gasteiger partial charge in [-0.2, -0.15) is 19.1 Å². The van der Waals surface area contributed by atoms with Crippen LogP contribution in [0.5, 0.6) is 0 Å². The number of anilines is 3. The lowest BCUT2D eigenvalue weighted by molar-refractivity contribution is 0.249. The molecule has 0 amide bonds. The third-order valence-electron chi connectivity index (χ3n) is 6.24. The van der Waals surface area contributed by atoms with Crippen molar-refractivity contribution in [1.29, 1.82) is 0 Å². The summed E-state index contributed by atoms with van der Waals surface area (Å²) in [7, 11) is 2.00. The number of pyridine rings is 1. The molecule has 5 rings (SSSR count). The number of nitrogens with one attached hydrogen (secondary N) is 1. The first-order chi connectivity index (χ1) is 17.2. The van der Waals surface area contributed by atoms with Gasteiger partial charge in [0.15, 0.2) is 17.3 Å². The van der Waals surface area contributed by atoms with Gasteiger partial charge in [-0.15, -0.1) is 0 Å². The van der Waals surface area contributed by atoms with Gasteiger partial charge < -0.3 is 15.1 Å². The van der Waals surface area contributed by atoms with Crippen LogP contribution < -0.4 is 10.2 Å². The zero-order valence-corrected chi connectivity index (χ0v) is 21.8. The summed E-state index contributed by atoms with van der Waals surface area (Å²) in [6, 6.07) is 14.4. The topological polar surface area (TPSA) is 104 Å². The van der Waals surface area contributed by atoms with Crippen molar-refractivity contribution in [1.82, 2.24) is 29.6 Å². The first-order valence-electron chi connectivity index (χ1n) is 11.9. The quantitative estimate of drug-likeness (QED) is 0.421. The van der Waals surface area contributed by atoms with E-state index in [9.17, 15) is 4.21 Å². The summed E-state index contributed by atoms with van der Waals surface area (Å²) in [6.07, 6.45) is 8.94. The molecular formula is C25H31N9OS. The molecule has 0 unspecified atom stereocenters. The van der Waals surface area contributed by atoms with Crippen molar-refractivity contribution in [3.05, 3.63) is 54.9 Å². The maximum atomic E-state index is 12.1. The van der Waals surface area contributed by atoms with Crippen LogP contribution in [-0.2, 0) is 9.73 Å². The third-order valence-corrected chi connectivity index (χ3v) is 6.87. The fourth-order valence-corrected chi connectivity index (χ4v) is 4.93. The Morgan fingerprint density at radius 2 is 1.78 bits per heavy atom. The highest BCUT2D eigenvalue weighted by molar-refractivity contribution is 7.92. The average molecular weight is 506 g/mol. The van der Waals surface area contributed by atoms with E-state index in [0.717, 1.165) is 24.2 Å². The predicted octanol–water partition coefficient (Wildman–Crippen LogP) is 3.84. The molecule has 0 bridgehead atoms. The lowest BCUT2D eigenvalue weighted by Gasteiger charge is -2.36. The van der Waals surface area contributed by atoms with Crippen molar-refractivity contribution in [2.75, 3.05) is 49.9 Å². The van der Waals surface area contributed by atoms with E-state index in [-0.39, 0.29) is 0 Å². The summed E-state index contributed by atoms with van der Waals surface area (Å²) in [5.41, 5.74) is 2.75. The molecule has 3 aromatic heterocycles. The summed E-state index contributed by atoms with van der Waals surface area (Å²) in [6.45, 7) is 2.13. The van der Waals surface area contributed by atoms with Crippen LogP contribution in [0, 0.1) is 0 Å². The number of benzene rings is 1. The second-order valence-electron chi connectivity index (χ2n) is 9.51. The fraction of sp³-hybridized carbons (Fsp3) is 0.360. The molecule has 1 aliphatic heterocycles. The van der Waals surface area contributed by atoms with Gasteiger partial charge in [-0.3, -0.25) is 0 Å². The molecule has 0 spiro atoms. The van der Waals surface area contributed by atoms with E-state index >= 15 is 0 Å². The van der Waals surface area contributed by atoms with Crippen molar-refractivity contribution in [3.8, 4) is 5.82 Å². The molecular weight excluding hydrogens is 474 g/mol. The van der Waals surface area contributed by atoms with Crippen LogP contribution in [0.4, 0.5) is 23.1 Å². The lowest BCUT2D eigenvalue weighted by Crippen LogP contribution is -2.41. The smallest absolute Gasteiger partial charge is 0.229 e. The molecule has 0 saturated carbocycles. The summed E-state index contributed by atoms with van der Waals surface area (Å²) in [5.74, 6) is 1.40. The number of aromatic nitrogens is 5. The molecule has 4 heterocycles. The first-order valence-corrected chi connectivity index (χ1v) is 14.2. The average Bonchev–Trinajstić information content (AvgIpc) is 3.27. The van der Waals surface area contributed by atoms with Crippen LogP contribution in [0.25, 0.3) is 16.9 Å². The zero-order chi connectivity index (χ0) is 25.3. The number of rotatable bonds is 6. The Bertz CT molecular complexity index is 1470. The van der Waals surface area contributed by atoms with Crippen LogP contribution in [-0.4, -0.2) is 79.6 Å². The van der Waals surface area contributed by atoms with Gasteiger partial charge in [0.1, 0.15) is 0 Å². The Hall–Kier alpha value is -3.57. The minimum atomic E-state index is -2.32. The number of hydrogen-bond donors (Lipinski definition) is 1. The highest BCUT2D eigenvalue weighted by Gasteiger charge is 2.20. The number of nitrogens with zero attached hydrogens (tertiary/aromatic N) is 8. The molecule has 0 atom stereocenters. The molecule has 1 fully saturated rings. The van der Waals surface area contributed by atoms with Crippen LogP contribution in [0.2, 0.25) is 0 Å². The Morgan fingerprint density at radius 3 is 2.47 bits per heavy atom. The molecule has 4 aromatic rings. The Morgan fingerprint density at radius 1 is 1.03 bits per heavy atom. The SMILES string of the molecule is CN(C)C1CCN(c2ccc(Nc3ncc4cnn(-c5cccc(N=S(C)(C)=O)n5)c4n3)cc2)CC1. The van der Waals surface area contributed by atoms with E-state index in [1.54, 1.807) is 35.7 Å². The summed E-state index contributed by atoms with van der Waals surface area (Å²) < 4.78 is 17.9. The van der Waals surface area contributed by atoms with Gasteiger partial charge >= 0.3 is 0 Å². The summed E-state index contributed by atoms with van der Waals surface area (Å²) in [4.78, 5) is 18.4. The minimum Gasteiger partial charge on any atom is -0.371 e. The molecule has 36 heavy (non-hydrogen) atoms. The Kier molecular flexibility index (Phi) is 6.59. The van der Waals surface area contributed by atoms with Crippen molar-refractivity contribution in [2.24, 2.45) is 4.36 Å². The van der Waals surface area contributed by atoms with Gasteiger partial charge in [-0.1, -0.05) is 6.07 Å². The number of hydrogen-bond acceptors (Lipinski definition) is 9. The Balaban J connectivity index is 1.34. The van der Waals surface area contributed by atoms with Gasteiger partial charge in [0.2, 0.25) is 5.95 Å². The second kappa shape index (κ2) is 9.82. The molecule has 1 saturated heterocycles. The predicted molar refractivity (Wildman–Crippen MR) is 145 cm³/mol. The maximum Gasteiger partial charge on any atom is 0.229 e. The second-order valence-corrected chi connectivity index (χ2v) is 12.1. The molecule has 1 N–H and O–H groups in total. The zero-order valence-electron chi connectivity index (χ0n) is 21.0. The van der Waals surface area contributed by atoms with Crippen LogP contribution >= 0.6 is 0 Å². The van der Waals surface area contributed by atoms with Gasteiger partial charge in [-0.05, 0) is 63.3 Å². The normalized spacial score (nSPS) is 15.0. The monoisotopic (exact) mass is 505 g/mol. The standard InChI is InChI=1S/C25H31N9OS/c1-32(2)20-12-14-33(15-13-20)21-10-8-19(9-11-21)28-25-26-16-18-17-27-34(24(18)30-25)23-7-5-6-22(29-23)31-36(3,4)35/h5-11,16-17,20H,12-15H2,1-4H3,(H,26,28,30). The van der Waals surface area contributed by atoms with Gasteiger partial charge in [-0.25, -0.2) is 14.2 Å². The van der Waals surface area contributed by atoms with E-state index in [0.29, 0.717) is 29.3 Å². The molecule has 188 valence electrons. The summed E-state index contributed by atoms with van der Waals surface area (Å²) >= 11 is 0. The van der Waals surface area contributed by atoms with E-state index < -0.39 is 9.73 Å². The molecule has 11 heteroatoms. The highest BCUT2D eigenvalue weighted by Crippen LogP contribution is 2.25. The largest absolute Gasteiger partial charge is 0.371 e. The molecule has 10 nitrogen and oxygen atoms in total. The molecule has 1 aromatic carbocycles. The number of fused-ring (bicyclic) bond motifs is 1. The van der Waals surface area contributed by atoms with Gasteiger partial charge in [0.25, 0.3) is 0 Å². The van der Waals surface area contributed by atoms with Crippen LogP contribution in [0.1, 0.15) is 12.8 Å². The minimum absolute atomic E-state index is 0.393. The highest BCUT2D eigenvalue weighted by atomic mass is 32.2.